The van der Waals surface area contributed by atoms with Crippen LogP contribution in [0.1, 0.15) is 59.1 Å². The van der Waals surface area contributed by atoms with Crippen LogP contribution >= 0.6 is 0 Å². The highest BCUT2D eigenvalue weighted by atomic mass is 16.7. The Labute approximate surface area is 190 Å². The molecule has 32 heavy (non-hydrogen) atoms. The third-order valence-corrected chi connectivity index (χ3v) is 7.17. The first-order chi connectivity index (χ1) is 15.3. The summed E-state index contributed by atoms with van der Waals surface area (Å²) in [5, 5.41) is 10.8. The molecule has 2 aliphatic rings. The molecular weight excluding hydrogens is 399 g/mol. The van der Waals surface area contributed by atoms with E-state index in [4.69, 9.17) is 14.0 Å². The van der Waals surface area contributed by atoms with Crippen LogP contribution < -0.4 is 10.2 Å². The van der Waals surface area contributed by atoms with Crippen molar-refractivity contribution in [2.75, 3.05) is 0 Å². The number of ether oxygens (including phenoxy) is 1. The first-order valence-corrected chi connectivity index (χ1v) is 11.5. The molecule has 1 saturated heterocycles. The molecule has 0 spiro atoms. The Kier molecular flexibility index (Phi) is 5.07. The van der Waals surface area contributed by atoms with Crippen LogP contribution in [0.2, 0.25) is 0 Å². The molecule has 5 rings (SSSR count). The Bertz CT molecular complexity index is 1170. The summed E-state index contributed by atoms with van der Waals surface area (Å²) in [6, 6.07) is 18.4. The summed E-state index contributed by atoms with van der Waals surface area (Å²) in [6.45, 7) is 8.21. The van der Waals surface area contributed by atoms with Crippen molar-refractivity contribution in [2.24, 2.45) is 0 Å². The van der Waals surface area contributed by atoms with E-state index in [0.717, 1.165) is 40.6 Å². The van der Waals surface area contributed by atoms with E-state index in [9.17, 15) is 5.26 Å². The molecule has 0 amide bonds. The third-order valence-electron chi connectivity index (χ3n) is 7.17. The quantitative estimate of drug-likeness (QED) is 0.541. The maximum atomic E-state index is 9.80. The molecule has 2 heterocycles. The highest BCUT2D eigenvalue weighted by molar-refractivity contribution is 6.62. The lowest BCUT2D eigenvalue weighted by atomic mass is 9.78. The Hall–Kier alpha value is -2.75. The Balaban J connectivity index is 1.46. The molecule has 0 bridgehead atoms. The first kappa shape index (κ1) is 21.1. The lowest BCUT2D eigenvalue weighted by molar-refractivity contribution is 0.00578. The van der Waals surface area contributed by atoms with E-state index in [1.165, 1.54) is 12.8 Å². The van der Waals surface area contributed by atoms with Crippen LogP contribution in [0.15, 0.2) is 48.5 Å². The van der Waals surface area contributed by atoms with Crippen molar-refractivity contribution in [1.29, 1.82) is 5.26 Å². The number of benzene rings is 2. The van der Waals surface area contributed by atoms with Gasteiger partial charge in [-0.05, 0) is 95.2 Å². The van der Waals surface area contributed by atoms with Crippen molar-refractivity contribution in [3.63, 3.8) is 0 Å². The van der Waals surface area contributed by atoms with Gasteiger partial charge in [-0.2, -0.15) is 5.26 Å². The summed E-state index contributed by atoms with van der Waals surface area (Å²) in [4.78, 5) is 0. The molecule has 2 fully saturated rings. The predicted octanol–water partition coefficient (Wildman–Crippen LogP) is 5.12. The van der Waals surface area contributed by atoms with E-state index < -0.39 is 18.3 Å². The van der Waals surface area contributed by atoms with Crippen LogP contribution in [-0.4, -0.2) is 29.0 Å². The third kappa shape index (κ3) is 3.60. The number of nitrogens with zero attached hydrogens (tertiary/aromatic N) is 2. The fourth-order valence-electron chi connectivity index (χ4n) is 4.59. The Morgan fingerprint density at radius 3 is 2.25 bits per heavy atom. The van der Waals surface area contributed by atoms with Crippen molar-refractivity contribution in [2.45, 2.75) is 70.7 Å². The van der Waals surface area contributed by atoms with Gasteiger partial charge in [0.25, 0.3) is 0 Å². The largest absolute Gasteiger partial charge is 0.494 e. The predicted molar refractivity (Wildman–Crippen MR) is 127 cm³/mol. The molecule has 6 heteroatoms. The number of hydrogen-bond donors (Lipinski definition) is 0. The highest BCUT2D eigenvalue weighted by Crippen LogP contribution is 2.37. The molecule has 5 nitrogen and oxygen atoms in total. The van der Waals surface area contributed by atoms with E-state index in [1.54, 1.807) is 0 Å². The highest BCUT2D eigenvalue weighted by Gasteiger charge is 2.51. The fourth-order valence-corrected chi connectivity index (χ4v) is 4.59. The minimum atomic E-state index is -0.426. The van der Waals surface area contributed by atoms with Crippen LogP contribution in [0.3, 0.4) is 0 Å². The number of rotatable bonds is 4. The normalized spacial score (nSPS) is 20.0. The van der Waals surface area contributed by atoms with Gasteiger partial charge in [-0.1, -0.05) is 12.1 Å². The molecule has 0 radical (unpaired) electrons. The molecule has 1 aliphatic heterocycles. The van der Waals surface area contributed by atoms with E-state index in [-0.39, 0.29) is 0 Å². The average molecular weight is 428 g/mol. The average Bonchev–Trinajstić information content (AvgIpc) is 3.44. The topological polar surface area (TPSA) is 56.4 Å². The number of nitriles is 1. The van der Waals surface area contributed by atoms with Gasteiger partial charge in [0.2, 0.25) is 0 Å². The molecule has 2 aromatic carbocycles. The summed E-state index contributed by atoms with van der Waals surface area (Å²) in [5.74, 6) is 0.888. The van der Waals surface area contributed by atoms with Crippen LogP contribution in [0.4, 0.5) is 0 Å². The van der Waals surface area contributed by atoms with Crippen molar-refractivity contribution >= 4 is 23.5 Å². The number of hydrogen-bond acceptors (Lipinski definition) is 4. The monoisotopic (exact) mass is 428 g/mol. The van der Waals surface area contributed by atoms with Crippen LogP contribution in [0, 0.1) is 11.3 Å². The van der Waals surface area contributed by atoms with Gasteiger partial charge >= 0.3 is 7.12 Å². The van der Waals surface area contributed by atoms with Gasteiger partial charge in [-0.25, -0.2) is 0 Å². The zero-order valence-corrected chi connectivity index (χ0v) is 19.2. The van der Waals surface area contributed by atoms with Crippen molar-refractivity contribution in [3.8, 4) is 17.5 Å². The summed E-state index contributed by atoms with van der Waals surface area (Å²) in [7, 11) is -0.426. The van der Waals surface area contributed by atoms with Gasteiger partial charge in [0, 0.05) is 11.1 Å². The second kappa shape index (κ2) is 7.69. The summed E-state index contributed by atoms with van der Waals surface area (Å²) < 4.78 is 20.5. The zero-order chi connectivity index (χ0) is 22.5. The molecule has 164 valence electrons. The minimum absolute atomic E-state index is 0.330. The van der Waals surface area contributed by atoms with Crippen LogP contribution in [0.25, 0.3) is 16.6 Å². The maximum Gasteiger partial charge on any atom is 0.494 e. The lowest BCUT2D eigenvalue weighted by Crippen LogP contribution is -2.41. The summed E-state index contributed by atoms with van der Waals surface area (Å²) in [6.07, 6.45) is 5.09. The first-order valence-electron chi connectivity index (χ1n) is 11.5. The molecular formula is C26H29BN2O3. The summed E-state index contributed by atoms with van der Waals surface area (Å²) >= 11 is 0. The SMILES string of the molecule is CC1(C)OB(c2ccc3c(c2)cc(C#N)n3-c2ccc(OC3CCCC3)cc2)OC1(C)C. The van der Waals surface area contributed by atoms with Gasteiger partial charge in [0.1, 0.15) is 17.5 Å². The van der Waals surface area contributed by atoms with Gasteiger partial charge in [-0.15, -0.1) is 0 Å². The van der Waals surface area contributed by atoms with Crippen LogP contribution in [-0.2, 0) is 9.31 Å². The van der Waals surface area contributed by atoms with Crippen LogP contribution in [0.5, 0.6) is 5.75 Å². The van der Waals surface area contributed by atoms with E-state index in [2.05, 4.69) is 39.8 Å². The molecule has 3 aromatic rings. The van der Waals surface area contributed by atoms with Gasteiger partial charge in [0.15, 0.2) is 0 Å². The van der Waals surface area contributed by atoms with Gasteiger partial charge in [0.05, 0.1) is 22.8 Å². The second-order valence-corrected chi connectivity index (χ2v) is 9.90. The van der Waals surface area contributed by atoms with Crippen molar-refractivity contribution in [3.05, 3.63) is 54.2 Å². The molecule has 1 aliphatic carbocycles. The van der Waals surface area contributed by atoms with Crippen molar-refractivity contribution < 1.29 is 14.0 Å². The number of fused-ring (bicyclic) bond motifs is 1. The van der Waals surface area contributed by atoms with Gasteiger partial charge < -0.3 is 18.6 Å². The molecule has 0 unspecified atom stereocenters. The Morgan fingerprint density at radius 1 is 0.969 bits per heavy atom. The standard InChI is InChI=1S/C26H29BN2O3/c1-25(2)26(3,4)32-27(31-25)19-9-14-24-18(15-19)16-21(17-28)29(24)20-10-12-23(13-11-20)30-22-7-5-6-8-22/h9-16,22H,5-8H2,1-4H3. The van der Waals surface area contributed by atoms with E-state index >= 15 is 0 Å². The molecule has 0 atom stereocenters. The zero-order valence-electron chi connectivity index (χ0n) is 19.2. The van der Waals surface area contributed by atoms with E-state index in [0.29, 0.717) is 11.8 Å². The number of aromatic nitrogens is 1. The smallest absolute Gasteiger partial charge is 0.490 e. The fraction of sp³-hybridized carbons (Fsp3) is 0.423. The maximum absolute atomic E-state index is 9.80. The Morgan fingerprint density at radius 2 is 1.62 bits per heavy atom. The molecule has 0 N–H and O–H groups in total. The van der Waals surface area contributed by atoms with E-state index in [1.807, 2.05) is 47.0 Å². The van der Waals surface area contributed by atoms with Crippen molar-refractivity contribution in [1.82, 2.24) is 4.57 Å². The lowest BCUT2D eigenvalue weighted by Gasteiger charge is -2.32. The molecule has 1 aromatic heterocycles. The second-order valence-electron chi connectivity index (χ2n) is 9.90. The van der Waals surface area contributed by atoms with Gasteiger partial charge in [-0.3, -0.25) is 0 Å². The minimum Gasteiger partial charge on any atom is -0.490 e. The molecule has 1 saturated carbocycles. The summed E-state index contributed by atoms with van der Waals surface area (Å²) in [5.41, 5.74) is 2.69.